The van der Waals surface area contributed by atoms with E-state index in [0.717, 1.165) is 13.3 Å². The molecule has 0 saturated heterocycles. The highest BCUT2D eigenvalue weighted by Crippen LogP contribution is 2.36. The third kappa shape index (κ3) is 2.42. The van der Waals surface area contributed by atoms with Crippen LogP contribution in [-0.2, 0) is 16.2 Å². The van der Waals surface area contributed by atoms with Crippen LogP contribution in [0.15, 0.2) is 17.2 Å². The van der Waals surface area contributed by atoms with Crippen molar-refractivity contribution >= 4 is 10.0 Å². The van der Waals surface area contributed by atoms with Gasteiger partial charge in [0, 0.05) is 6.20 Å². The lowest BCUT2D eigenvalue weighted by molar-refractivity contribution is -0.140. The van der Waals surface area contributed by atoms with E-state index in [2.05, 4.69) is 14.9 Å². The summed E-state index contributed by atoms with van der Waals surface area (Å²) in [5.41, 5.74) is -1.40. The zero-order chi connectivity index (χ0) is 12.6. The Morgan fingerprint density at radius 3 is 2.38 bits per heavy atom. The maximum absolute atomic E-state index is 12.5. The van der Waals surface area contributed by atoms with E-state index in [9.17, 15) is 21.6 Å². The topological polar surface area (TPSA) is 82.3 Å². The fraction of sp³-hybridized carbons (Fsp3) is 0.286. The van der Waals surface area contributed by atoms with Gasteiger partial charge in [-0.2, -0.15) is 13.2 Å². The summed E-state index contributed by atoms with van der Waals surface area (Å²) in [4.78, 5) is 2.19. The summed E-state index contributed by atoms with van der Waals surface area (Å²) < 4.78 is 64.0. The standard InChI is InChI=1S/C7H7F3N2O3S/c1-15-6-5(16(11,13)14)4(2-3-12-6)7(8,9)10/h2-3H,1H3,(H2,11,13,14). The Hall–Kier alpha value is -1.35. The zero-order valence-electron chi connectivity index (χ0n) is 7.95. The average molecular weight is 256 g/mol. The molecule has 0 aliphatic heterocycles. The molecule has 0 saturated carbocycles. The summed E-state index contributed by atoms with van der Waals surface area (Å²) >= 11 is 0. The van der Waals surface area contributed by atoms with Crippen LogP contribution in [0.1, 0.15) is 5.56 Å². The molecule has 0 aromatic carbocycles. The Morgan fingerprint density at radius 1 is 1.44 bits per heavy atom. The number of pyridine rings is 1. The number of alkyl halides is 3. The number of methoxy groups -OCH3 is 1. The molecule has 9 heteroatoms. The van der Waals surface area contributed by atoms with Gasteiger partial charge in [-0.05, 0) is 6.07 Å². The molecule has 0 bridgehead atoms. The molecular formula is C7H7F3N2O3S. The molecule has 0 spiro atoms. The summed E-state index contributed by atoms with van der Waals surface area (Å²) in [6.07, 6.45) is -4.06. The molecule has 1 aromatic heterocycles. The van der Waals surface area contributed by atoms with Crippen molar-refractivity contribution < 1.29 is 26.3 Å². The minimum Gasteiger partial charge on any atom is -0.480 e. The van der Waals surface area contributed by atoms with Crippen LogP contribution in [0.5, 0.6) is 5.88 Å². The number of sulfonamides is 1. The predicted octanol–water partition coefficient (Wildman–Crippen LogP) is 0.756. The second kappa shape index (κ2) is 3.91. The molecule has 2 N–H and O–H groups in total. The zero-order valence-corrected chi connectivity index (χ0v) is 8.76. The van der Waals surface area contributed by atoms with Crippen LogP contribution in [0.3, 0.4) is 0 Å². The fourth-order valence-electron chi connectivity index (χ4n) is 1.07. The van der Waals surface area contributed by atoms with E-state index in [0.29, 0.717) is 6.07 Å². The highest BCUT2D eigenvalue weighted by atomic mass is 32.2. The molecule has 16 heavy (non-hydrogen) atoms. The monoisotopic (exact) mass is 256 g/mol. The van der Waals surface area contributed by atoms with Crippen molar-refractivity contribution in [3.05, 3.63) is 17.8 Å². The highest BCUT2D eigenvalue weighted by Gasteiger charge is 2.38. The van der Waals surface area contributed by atoms with Crippen molar-refractivity contribution in [2.24, 2.45) is 5.14 Å². The second-order valence-electron chi connectivity index (χ2n) is 2.74. The SMILES string of the molecule is COc1nccc(C(F)(F)F)c1S(N)(=O)=O. The summed E-state index contributed by atoms with van der Waals surface area (Å²) in [5, 5.41) is 4.68. The van der Waals surface area contributed by atoms with Gasteiger partial charge in [-0.1, -0.05) is 0 Å². The third-order valence-corrected chi connectivity index (χ3v) is 2.62. The number of nitrogens with two attached hydrogens (primary N) is 1. The third-order valence-electron chi connectivity index (χ3n) is 1.66. The molecule has 0 radical (unpaired) electrons. The summed E-state index contributed by atoms with van der Waals surface area (Å²) in [6.45, 7) is 0. The van der Waals surface area contributed by atoms with Crippen LogP contribution in [0.4, 0.5) is 13.2 Å². The van der Waals surface area contributed by atoms with Crippen LogP contribution >= 0.6 is 0 Å². The number of hydrogen-bond acceptors (Lipinski definition) is 4. The van der Waals surface area contributed by atoms with E-state index in [4.69, 9.17) is 0 Å². The van der Waals surface area contributed by atoms with Gasteiger partial charge >= 0.3 is 6.18 Å². The van der Waals surface area contributed by atoms with Gasteiger partial charge in [0.25, 0.3) is 0 Å². The number of rotatable bonds is 2. The number of halogens is 3. The van der Waals surface area contributed by atoms with Crippen LogP contribution in [0, 0.1) is 0 Å². The molecule has 1 heterocycles. The molecule has 90 valence electrons. The van der Waals surface area contributed by atoms with Crippen molar-refractivity contribution in [3.8, 4) is 5.88 Å². The molecule has 0 amide bonds. The first-order chi connectivity index (χ1) is 7.18. The largest absolute Gasteiger partial charge is 0.480 e. The van der Waals surface area contributed by atoms with Gasteiger partial charge in [-0.25, -0.2) is 18.5 Å². The highest BCUT2D eigenvalue weighted by molar-refractivity contribution is 7.89. The van der Waals surface area contributed by atoms with Crippen LogP contribution < -0.4 is 9.88 Å². The van der Waals surface area contributed by atoms with Gasteiger partial charge in [-0.15, -0.1) is 0 Å². The Balaban J connectivity index is 3.65. The van der Waals surface area contributed by atoms with E-state index in [-0.39, 0.29) is 0 Å². The fourth-order valence-corrected chi connectivity index (χ4v) is 1.94. The number of primary sulfonamides is 1. The maximum atomic E-state index is 12.5. The summed E-state index contributed by atoms with van der Waals surface area (Å²) in [6, 6.07) is 0.516. The quantitative estimate of drug-likeness (QED) is 0.846. The Labute approximate surface area is 89.1 Å². The van der Waals surface area contributed by atoms with Crippen LogP contribution in [0.25, 0.3) is 0 Å². The van der Waals surface area contributed by atoms with Crippen molar-refractivity contribution in [1.29, 1.82) is 0 Å². The number of ether oxygens (including phenoxy) is 1. The molecule has 0 aliphatic carbocycles. The van der Waals surface area contributed by atoms with E-state index in [1.54, 1.807) is 0 Å². The number of aromatic nitrogens is 1. The minimum absolute atomic E-state index is 0.516. The molecule has 0 atom stereocenters. The minimum atomic E-state index is -4.85. The van der Waals surface area contributed by atoms with E-state index >= 15 is 0 Å². The Morgan fingerprint density at radius 2 is 2.00 bits per heavy atom. The Bertz CT molecular complexity index is 498. The first-order valence-electron chi connectivity index (χ1n) is 3.81. The van der Waals surface area contributed by atoms with Crippen molar-refractivity contribution in [2.75, 3.05) is 7.11 Å². The second-order valence-corrected chi connectivity index (χ2v) is 4.24. The Kier molecular flexibility index (Phi) is 3.10. The van der Waals surface area contributed by atoms with E-state index in [1.807, 2.05) is 0 Å². The van der Waals surface area contributed by atoms with Gasteiger partial charge < -0.3 is 4.74 Å². The van der Waals surface area contributed by atoms with Gasteiger partial charge in [0.05, 0.1) is 12.7 Å². The molecule has 0 aliphatic rings. The van der Waals surface area contributed by atoms with Crippen LogP contribution in [0.2, 0.25) is 0 Å². The van der Waals surface area contributed by atoms with Gasteiger partial charge in [0.1, 0.15) is 0 Å². The molecule has 5 nitrogen and oxygen atoms in total. The first kappa shape index (κ1) is 12.7. The molecular weight excluding hydrogens is 249 g/mol. The van der Waals surface area contributed by atoms with Crippen molar-refractivity contribution in [1.82, 2.24) is 4.98 Å². The molecule has 0 fully saturated rings. The number of hydrogen-bond donors (Lipinski definition) is 1. The molecule has 1 rings (SSSR count). The summed E-state index contributed by atoms with van der Waals surface area (Å²) in [5.74, 6) is -0.683. The normalized spacial score (nSPS) is 12.6. The molecule has 0 unspecified atom stereocenters. The molecule has 1 aromatic rings. The first-order valence-corrected chi connectivity index (χ1v) is 5.35. The predicted molar refractivity (Wildman–Crippen MR) is 47.2 cm³/mol. The van der Waals surface area contributed by atoms with Gasteiger partial charge in [0.2, 0.25) is 15.9 Å². The lowest BCUT2D eigenvalue weighted by Gasteiger charge is -2.13. The average Bonchev–Trinajstić information content (AvgIpc) is 2.13. The van der Waals surface area contributed by atoms with Gasteiger partial charge in [-0.3, -0.25) is 0 Å². The van der Waals surface area contributed by atoms with Gasteiger partial charge in [0.15, 0.2) is 4.90 Å². The van der Waals surface area contributed by atoms with E-state index in [1.165, 1.54) is 0 Å². The number of nitrogens with zero attached hydrogens (tertiary/aromatic N) is 1. The van der Waals surface area contributed by atoms with Crippen molar-refractivity contribution in [3.63, 3.8) is 0 Å². The van der Waals surface area contributed by atoms with Crippen LogP contribution in [-0.4, -0.2) is 20.5 Å². The van der Waals surface area contributed by atoms with E-state index < -0.39 is 32.5 Å². The maximum Gasteiger partial charge on any atom is 0.417 e. The smallest absolute Gasteiger partial charge is 0.417 e. The summed E-state index contributed by atoms with van der Waals surface area (Å²) in [7, 11) is -3.57. The lowest BCUT2D eigenvalue weighted by atomic mass is 10.2. The lowest BCUT2D eigenvalue weighted by Crippen LogP contribution is -2.20. The van der Waals surface area contributed by atoms with Crippen molar-refractivity contribution in [2.45, 2.75) is 11.1 Å².